The zero-order chi connectivity index (χ0) is 7.61. The molecule has 0 saturated carbocycles. The van der Waals surface area contributed by atoms with E-state index in [2.05, 4.69) is 36.4 Å². The fraction of sp³-hybridized carbons (Fsp3) is 0.857. The first-order valence-electron chi connectivity index (χ1n) is 3.60. The summed E-state index contributed by atoms with van der Waals surface area (Å²) in [5, 5.41) is 6.29. The summed E-state index contributed by atoms with van der Waals surface area (Å²) < 4.78 is 0. The Kier molecular flexibility index (Phi) is 1.94. The summed E-state index contributed by atoms with van der Waals surface area (Å²) >= 11 is 0. The maximum Gasteiger partial charge on any atom is 0.104 e. The Labute approximate surface area is 61.9 Å². The van der Waals surface area contributed by atoms with Crippen molar-refractivity contribution in [3.05, 3.63) is 0 Å². The largest absolute Gasteiger partial charge is 0.361 e. The van der Waals surface area contributed by atoms with Gasteiger partial charge in [-0.25, -0.2) is 0 Å². The first kappa shape index (κ1) is 7.54. The molecule has 1 aliphatic heterocycles. The fourth-order valence-electron chi connectivity index (χ4n) is 0.895. The van der Waals surface area contributed by atoms with Crippen LogP contribution in [0.4, 0.5) is 0 Å². The highest BCUT2D eigenvalue weighted by Gasteiger charge is 2.19. The SMILES string of the molecule is CC(C)(C)C1=NCNCN1. The van der Waals surface area contributed by atoms with Gasteiger partial charge in [-0.2, -0.15) is 0 Å². The van der Waals surface area contributed by atoms with E-state index in [1.54, 1.807) is 0 Å². The second kappa shape index (κ2) is 2.58. The van der Waals surface area contributed by atoms with Crippen molar-refractivity contribution in [1.82, 2.24) is 10.6 Å². The predicted octanol–water partition coefficient (Wildman–Crippen LogP) is 0.539. The molecule has 1 rings (SSSR count). The lowest BCUT2D eigenvalue weighted by atomic mass is 9.95. The summed E-state index contributed by atoms with van der Waals surface area (Å²) in [6.07, 6.45) is 0. The van der Waals surface area contributed by atoms with Crippen LogP contribution in [0.3, 0.4) is 0 Å². The molecule has 10 heavy (non-hydrogen) atoms. The molecule has 3 nitrogen and oxygen atoms in total. The van der Waals surface area contributed by atoms with Crippen LogP contribution in [0.15, 0.2) is 4.99 Å². The van der Waals surface area contributed by atoms with Crippen molar-refractivity contribution in [2.75, 3.05) is 13.3 Å². The maximum atomic E-state index is 4.30. The molecule has 0 radical (unpaired) electrons. The summed E-state index contributed by atoms with van der Waals surface area (Å²) in [5.74, 6) is 1.10. The lowest BCUT2D eigenvalue weighted by molar-refractivity contribution is 0.524. The first-order valence-corrected chi connectivity index (χ1v) is 3.60. The summed E-state index contributed by atoms with van der Waals surface area (Å²) in [6.45, 7) is 8.06. The van der Waals surface area contributed by atoms with Crippen molar-refractivity contribution in [3.8, 4) is 0 Å². The van der Waals surface area contributed by atoms with Crippen molar-refractivity contribution in [1.29, 1.82) is 0 Å². The number of aliphatic imine (C=N–C) groups is 1. The molecular weight excluding hydrogens is 126 g/mol. The van der Waals surface area contributed by atoms with E-state index in [9.17, 15) is 0 Å². The Hall–Kier alpha value is -0.570. The average Bonchev–Trinajstić information content (AvgIpc) is 1.88. The van der Waals surface area contributed by atoms with Crippen LogP contribution >= 0.6 is 0 Å². The van der Waals surface area contributed by atoms with E-state index in [0.717, 1.165) is 19.2 Å². The summed E-state index contributed by atoms with van der Waals surface area (Å²) in [5.41, 5.74) is 0.169. The van der Waals surface area contributed by atoms with Crippen molar-refractivity contribution in [2.45, 2.75) is 20.8 Å². The molecule has 3 heteroatoms. The van der Waals surface area contributed by atoms with E-state index in [1.807, 2.05) is 0 Å². The molecule has 0 amide bonds. The molecule has 0 unspecified atom stereocenters. The average molecular weight is 141 g/mol. The molecule has 58 valence electrons. The Morgan fingerprint density at radius 3 is 2.40 bits per heavy atom. The zero-order valence-electron chi connectivity index (χ0n) is 6.86. The molecular formula is C7H15N3. The summed E-state index contributed by atoms with van der Waals surface area (Å²) in [7, 11) is 0. The van der Waals surface area contributed by atoms with Crippen LogP contribution in [0.5, 0.6) is 0 Å². The van der Waals surface area contributed by atoms with Gasteiger partial charge in [0, 0.05) is 5.41 Å². The highest BCUT2D eigenvalue weighted by molar-refractivity contribution is 5.87. The third-order valence-corrected chi connectivity index (χ3v) is 1.44. The highest BCUT2D eigenvalue weighted by Crippen LogP contribution is 2.14. The van der Waals surface area contributed by atoms with Gasteiger partial charge in [-0.05, 0) is 0 Å². The van der Waals surface area contributed by atoms with Gasteiger partial charge in [0.1, 0.15) is 5.84 Å². The second-order valence-electron chi connectivity index (χ2n) is 3.52. The van der Waals surface area contributed by atoms with Gasteiger partial charge < -0.3 is 5.32 Å². The third kappa shape index (κ3) is 1.70. The number of nitrogens with one attached hydrogen (secondary N) is 2. The number of nitrogens with zero attached hydrogens (tertiary/aromatic N) is 1. The third-order valence-electron chi connectivity index (χ3n) is 1.44. The van der Waals surface area contributed by atoms with Crippen LogP contribution in [-0.4, -0.2) is 19.2 Å². The summed E-state index contributed by atoms with van der Waals surface area (Å²) in [6, 6.07) is 0. The molecule has 1 heterocycles. The number of amidine groups is 1. The fourth-order valence-corrected chi connectivity index (χ4v) is 0.895. The van der Waals surface area contributed by atoms with E-state index < -0.39 is 0 Å². The Morgan fingerprint density at radius 2 is 2.10 bits per heavy atom. The van der Waals surface area contributed by atoms with E-state index in [4.69, 9.17) is 0 Å². The molecule has 0 spiro atoms. The van der Waals surface area contributed by atoms with Gasteiger partial charge in [-0.3, -0.25) is 10.3 Å². The summed E-state index contributed by atoms with van der Waals surface area (Å²) in [4.78, 5) is 4.30. The first-order chi connectivity index (χ1) is 4.61. The molecule has 0 aromatic rings. The lowest BCUT2D eigenvalue weighted by Crippen LogP contribution is -2.45. The Balaban J connectivity index is 2.62. The van der Waals surface area contributed by atoms with E-state index in [0.29, 0.717) is 0 Å². The van der Waals surface area contributed by atoms with Gasteiger partial charge in [0.05, 0.1) is 13.3 Å². The van der Waals surface area contributed by atoms with E-state index in [1.165, 1.54) is 0 Å². The topological polar surface area (TPSA) is 36.4 Å². The molecule has 0 fully saturated rings. The van der Waals surface area contributed by atoms with Gasteiger partial charge in [-0.1, -0.05) is 20.8 Å². The van der Waals surface area contributed by atoms with E-state index >= 15 is 0 Å². The minimum absolute atomic E-state index is 0.169. The molecule has 0 atom stereocenters. The lowest BCUT2D eigenvalue weighted by Gasteiger charge is -2.26. The van der Waals surface area contributed by atoms with Crippen LogP contribution in [0.25, 0.3) is 0 Å². The zero-order valence-corrected chi connectivity index (χ0v) is 6.86. The van der Waals surface area contributed by atoms with Crippen LogP contribution in [0.1, 0.15) is 20.8 Å². The van der Waals surface area contributed by atoms with Gasteiger partial charge in [0.25, 0.3) is 0 Å². The van der Waals surface area contributed by atoms with E-state index in [-0.39, 0.29) is 5.41 Å². The second-order valence-corrected chi connectivity index (χ2v) is 3.52. The molecule has 0 saturated heterocycles. The van der Waals surface area contributed by atoms with Crippen molar-refractivity contribution < 1.29 is 0 Å². The highest BCUT2D eigenvalue weighted by atomic mass is 15.2. The maximum absolute atomic E-state index is 4.30. The minimum Gasteiger partial charge on any atom is -0.361 e. The van der Waals surface area contributed by atoms with Gasteiger partial charge in [-0.15, -0.1) is 0 Å². The standard InChI is InChI=1S/C7H15N3/c1-7(2,3)6-9-4-8-5-10-6/h8H,4-5H2,1-3H3,(H,9,10). The monoisotopic (exact) mass is 141 g/mol. The van der Waals surface area contributed by atoms with Crippen molar-refractivity contribution in [2.24, 2.45) is 10.4 Å². The molecule has 0 bridgehead atoms. The van der Waals surface area contributed by atoms with Gasteiger partial charge >= 0.3 is 0 Å². The molecule has 1 aliphatic rings. The van der Waals surface area contributed by atoms with Crippen molar-refractivity contribution in [3.63, 3.8) is 0 Å². The molecule has 0 aliphatic carbocycles. The smallest absolute Gasteiger partial charge is 0.104 e. The van der Waals surface area contributed by atoms with Crippen LogP contribution in [-0.2, 0) is 0 Å². The van der Waals surface area contributed by atoms with Crippen LogP contribution in [0.2, 0.25) is 0 Å². The Bertz CT molecular complexity index is 143. The van der Waals surface area contributed by atoms with Gasteiger partial charge in [0.15, 0.2) is 0 Å². The quantitative estimate of drug-likeness (QED) is 0.516. The van der Waals surface area contributed by atoms with Crippen LogP contribution < -0.4 is 10.6 Å². The Morgan fingerprint density at radius 1 is 1.40 bits per heavy atom. The van der Waals surface area contributed by atoms with Gasteiger partial charge in [0.2, 0.25) is 0 Å². The van der Waals surface area contributed by atoms with Crippen molar-refractivity contribution >= 4 is 5.84 Å². The predicted molar refractivity (Wildman–Crippen MR) is 42.9 cm³/mol. The van der Waals surface area contributed by atoms with Crippen LogP contribution in [0, 0.1) is 5.41 Å². The normalized spacial score (nSPS) is 19.7. The number of rotatable bonds is 0. The number of hydrogen-bond acceptors (Lipinski definition) is 3. The minimum atomic E-state index is 0.169. The molecule has 2 N–H and O–H groups in total. The molecule has 0 aromatic carbocycles. The molecule has 0 aromatic heterocycles. The number of hydrogen-bond donors (Lipinski definition) is 2.